The van der Waals surface area contributed by atoms with Crippen LogP contribution in [0.2, 0.25) is 0 Å². The van der Waals surface area contributed by atoms with E-state index >= 15 is 0 Å². The van der Waals surface area contributed by atoms with Crippen molar-refractivity contribution in [1.29, 1.82) is 0 Å². The summed E-state index contributed by atoms with van der Waals surface area (Å²) in [4.78, 5) is 47.1. The van der Waals surface area contributed by atoms with E-state index in [1.807, 2.05) is 51.7 Å². The van der Waals surface area contributed by atoms with E-state index in [0.717, 1.165) is 12.0 Å². The number of anilines is 4. The molecule has 0 fully saturated rings. The van der Waals surface area contributed by atoms with Gasteiger partial charge in [0, 0.05) is 38.3 Å². The maximum absolute atomic E-state index is 12.0. The highest BCUT2D eigenvalue weighted by atomic mass is 16.5. The van der Waals surface area contributed by atoms with Gasteiger partial charge in [-0.25, -0.2) is 4.98 Å². The van der Waals surface area contributed by atoms with Crippen molar-refractivity contribution in [2.75, 3.05) is 36.3 Å². The molecule has 32 heavy (non-hydrogen) atoms. The Morgan fingerprint density at radius 3 is 2.66 bits per heavy atom. The number of ether oxygens (including phenoxy) is 1. The molecule has 1 aliphatic rings. The molecule has 2 aromatic rings. The van der Waals surface area contributed by atoms with Crippen LogP contribution in [0.5, 0.6) is 5.75 Å². The Morgan fingerprint density at radius 1 is 1.34 bits per heavy atom. The average Bonchev–Trinajstić information content (AvgIpc) is 3.09. The van der Waals surface area contributed by atoms with Gasteiger partial charge in [0.15, 0.2) is 5.82 Å². The minimum absolute atomic E-state index is 0.229. The lowest BCUT2D eigenvalue weighted by atomic mass is 9.96. The lowest BCUT2D eigenvalue weighted by Crippen LogP contribution is -2.34. The van der Waals surface area contributed by atoms with Gasteiger partial charge in [-0.05, 0) is 32.4 Å². The van der Waals surface area contributed by atoms with Crippen LogP contribution in [0.15, 0.2) is 23.5 Å². The molecule has 3 rings (SSSR count). The number of aromatic nitrogens is 2. The molecule has 0 aliphatic carbocycles. The molecule has 0 radical (unpaired) electrons. The highest BCUT2D eigenvalue weighted by Gasteiger charge is 2.35. The number of likely N-dealkylation sites (N-methyl/N-ethyl adjacent to an activating group) is 1. The van der Waals surface area contributed by atoms with E-state index in [1.54, 1.807) is 18.3 Å². The number of carbonyl (C=O) groups excluding carboxylic acids is 2. The third-order valence-electron chi connectivity index (χ3n) is 5.44. The van der Waals surface area contributed by atoms with Crippen molar-refractivity contribution in [2.45, 2.75) is 45.3 Å². The quantitative estimate of drug-likeness (QED) is 0.487. The Bertz CT molecular complexity index is 1050. The van der Waals surface area contributed by atoms with Crippen molar-refractivity contribution in [3.8, 4) is 5.75 Å². The van der Waals surface area contributed by atoms with Gasteiger partial charge in [0.1, 0.15) is 17.6 Å². The van der Waals surface area contributed by atoms with Crippen LogP contribution in [0.4, 0.5) is 23.1 Å². The number of benzene rings is 1. The molecule has 2 heterocycles. The van der Waals surface area contributed by atoms with Gasteiger partial charge in [-0.3, -0.25) is 4.79 Å². The number of carbonyl (C=O) groups is 2. The summed E-state index contributed by atoms with van der Waals surface area (Å²) in [6, 6.07) is 2.87. The minimum atomic E-state index is -0.830. The van der Waals surface area contributed by atoms with Gasteiger partial charge in [0.2, 0.25) is 5.95 Å². The first-order valence-electron chi connectivity index (χ1n) is 10.3. The van der Waals surface area contributed by atoms with E-state index in [2.05, 4.69) is 20.5 Å². The van der Waals surface area contributed by atoms with Crippen molar-refractivity contribution in [3.05, 3.63) is 34.4 Å². The molecule has 10 nitrogen and oxygen atoms in total. The fourth-order valence-corrected chi connectivity index (χ4v) is 3.75. The number of nitrogens with one attached hydrogen (secondary N) is 1. The van der Waals surface area contributed by atoms with Crippen LogP contribution in [0.25, 0.3) is 0 Å². The summed E-state index contributed by atoms with van der Waals surface area (Å²) >= 11 is 0. The zero-order chi connectivity index (χ0) is 23.6. The van der Waals surface area contributed by atoms with Crippen LogP contribution in [0.3, 0.4) is 0 Å². The monoisotopic (exact) mass is 440 g/mol. The number of hydrogen-bond donors (Lipinski definition) is 1. The lowest BCUT2D eigenvalue weighted by Gasteiger charge is -2.28. The molecule has 0 saturated carbocycles. The zero-order valence-electron chi connectivity index (χ0n) is 19.2. The third kappa shape index (κ3) is 4.39. The number of nitrogens with zero attached hydrogens (tertiary/aromatic N) is 5. The van der Waals surface area contributed by atoms with Crippen LogP contribution >= 0.6 is 0 Å². The number of fused-ring (bicyclic) bond motifs is 1. The van der Waals surface area contributed by atoms with Gasteiger partial charge in [-0.1, -0.05) is 6.92 Å². The summed E-state index contributed by atoms with van der Waals surface area (Å²) < 4.78 is 6.07. The fraction of sp³-hybridized carbons (Fsp3) is 0.455. The zero-order valence-corrected chi connectivity index (χ0v) is 19.2. The van der Waals surface area contributed by atoms with Crippen molar-refractivity contribution in [3.63, 3.8) is 0 Å². The summed E-state index contributed by atoms with van der Waals surface area (Å²) in [6.45, 7) is 5.74. The molecule has 1 atom stereocenters. The van der Waals surface area contributed by atoms with Crippen molar-refractivity contribution < 1.29 is 14.3 Å². The van der Waals surface area contributed by atoms with E-state index < -0.39 is 11.5 Å². The lowest BCUT2D eigenvalue weighted by molar-refractivity contribution is -0.109. The molecule has 1 N–H and O–H groups in total. The first kappa shape index (κ1) is 23.1. The van der Waals surface area contributed by atoms with Crippen molar-refractivity contribution >= 4 is 35.3 Å². The van der Waals surface area contributed by atoms with Gasteiger partial charge in [-0.15, -0.1) is 4.91 Å². The second-order valence-electron chi connectivity index (χ2n) is 8.55. The maximum Gasteiger partial charge on any atom is 0.317 e. The van der Waals surface area contributed by atoms with Crippen LogP contribution < -0.4 is 19.9 Å². The van der Waals surface area contributed by atoms with Crippen LogP contribution in [-0.4, -0.2) is 54.9 Å². The number of aldehydes is 1. The Kier molecular flexibility index (Phi) is 6.42. The minimum Gasteiger partial charge on any atom is -0.485 e. The van der Waals surface area contributed by atoms with Crippen molar-refractivity contribution in [2.24, 2.45) is 5.18 Å². The van der Waals surface area contributed by atoms with E-state index in [-0.39, 0.29) is 11.6 Å². The molecule has 0 spiro atoms. The number of rotatable bonds is 8. The molecule has 1 aromatic carbocycles. The SMILES string of the molecule is CCC(C=O)N(C)c1nc(Nc2ccc(C(=O)N=O)c3c2OC(C)(C)C3)ncc1N(C)C. The molecule has 0 saturated heterocycles. The Morgan fingerprint density at radius 2 is 2.06 bits per heavy atom. The summed E-state index contributed by atoms with van der Waals surface area (Å²) in [6.07, 6.45) is 3.67. The third-order valence-corrected chi connectivity index (χ3v) is 5.44. The number of nitroso groups, excluding NO2 is 1. The van der Waals surface area contributed by atoms with Gasteiger partial charge >= 0.3 is 5.91 Å². The highest BCUT2D eigenvalue weighted by molar-refractivity contribution is 5.98. The molecule has 0 bridgehead atoms. The second-order valence-corrected chi connectivity index (χ2v) is 8.55. The molecule has 10 heteroatoms. The highest BCUT2D eigenvalue weighted by Crippen LogP contribution is 2.43. The van der Waals surface area contributed by atoms with Crippen LogP contribution in [-0.2, 0) is 11.2 Å². The molecular weight excluding hydrogens is 412 g/mol. The first-order chi connectivity index (χ1) is 15.1. The maximum atomic E-state index is 12.0. The molecule has 1 unspecified atom stereocenters. The van der Waals surface area contributed by atoms with E-state index in [0.29, 0.717) is 41.6 Å². The normalized spacial score (nSPS) is 14.7. The topological polar surface area (TPSA) is 117 Å². The molecule has 1 aromatic heterocycles. The fourth-order valence-electron chi connectivity index (χ4n) is 3.75. The largest absolute Gasteiger partial charge is 0.485 e. The summed E-state index contributed by atoms with van der Waals surface area (Å²) in [5.74, 6) is 0.547. The van der Waals surface area contributed by atoms with Crippen LogP contribution in [0.1, 0.15) is 43.1 Å². The number of amides is 1. The first-order valence-corrected chi connectivity index (χ1v) is 10.3. The second kappa shape index (κ2) is 8.89. The average molecular weight is 441 g/mol. The van der Waals surface area contributed by atoms with Gasteiger partial charge in [-0.2, -0.15) is 4.98 Å². The summed E-state index contributed by atoms with van der Waals surface area (Å²) in [5.41, 5.74) is 1.64. The van der Waals surface area contributed by atoms with Gasteiger partial charge in [0.05, 0.1) is 29.2 Å². The Balaban J connectivity index is 2.04. The van der Waals surface area contributed by atoms with Gasteiger partial charge < -0.3 is 24.6 Å². The smallest absolute Gasteiger partial charge is 0.317 e. The Labute approximate surface area is 187 Å². The molecule has 1 aliphatic heterocycles. The summed E-state index contributed by atoms with van der Waals surface area (Å²) in [7, 11) is 5.58. The van der Waals surface area contributed by atoms with E-state index in [1.165, 1.54) is 0 Å². The predicted molar refractivity (Wildman–Crippen MR) is 123 cm³/mol. The predicted octanol–water partition coefficient (Wildman–Crippen LogP) is 3.32. The van der Waals surface area contributed by atoms with E-state index in [4.69, 9.17) is 4.74 Å². The molecule has 1 amide bonds. The molecule has 170 valence electrons. The van der Waals surface area contributed by atoms with Crippen molar-refractivity contribution in [1.82, 2.24) is 9.97 Å². The summed E-state index contributed by atoms with van der Waals surface area (Å²) in [5, 5.41) is 5.72. The standard InChI is InChI=1S/C22H28N6O4/c1-7-13(12-29)28(6)19-17(27(4)5)11-23-21(25-19)24-16-9-8-14(20(30)26-31)15-10-22(2,3)32-18(15)16/h8-9,11-13H,7,10H2,1-6H3,(H,23,24,25). The molecular formula is C22H28N6O4. The van der Waals surface area contributed by atoms with E-state index in [9.17, 15) is 14.5 Å². The van der Waals surface area contributed by atoms with Gasteiger partial charge in [0.25, 0.3) is 0 Å². The number of hydrogen-bond acceptors (Lipinski definition) is 9. The van der Waals surface area contributed by atoms with Crippen LogP contribution in [0, 0.1) is 4.91 Å². The Hall–Kier alpha value is -3.56.